The number of halogens is 1. The van der Waals surface area contributed by atoms with Crippen molar-refractivity contribution in [2.24, 2.45) is 17.3 Å². The SMILES string of the molecule is CC(C)C1(O)C(Cl)C2OC23C2(C)CCC4=C(COC4=O)C2CC2OC23C1O. The van der Waals surface area contributed by atoms with E-state index in [1.807, 2.05) is 13.8 Å². The summed E-state index contributed by atoms with van der Waals surface area (Å²) >= 11 is 6.75. The Morgan fingerprint density at radius 1 is 1.30 bits per heavy atom. The molecule has 2 saturated carbocycles. The standard InChI is InChI=1S/C20H25ClO6/c1-8(2)18(24)13(21)14-20(27-14)17(3)5-4-9-10(7-25-15(9)22)11(17)6-12-19(20,26-12)16(18)23/h8,11-14,16,23-24H,4-7H2,1-3H3. The Morgan fingerprint density at radius 3 is 2.74 bits per heavy atom. The molecule has 27 heavy (non-hydrogen) atoms. The first-order valence-corrected chi connectivity index (χ1v) is 10.4. The van der Waals surface area contributed by atoms with E-state index in [9.17, 15) is 15.0 Å². The van der Waals surface area contributed by atoms with Crippen molar-refractivity contribution in [1.82, 2.24) is 0 Å². The van der Waals surface area contributed by atoms with Crippen LogP contribution in [0.3, 0.4) is 0 Å². The summed E-state index contributed by atoms with van der Waals surface area (Å²) in [5.41, 5.74) is -1.51. The zero-order valence-electron chi connectivity index (χ0n) is 15.7. The van der Waals surface area contributed by atoms with E-state index in [1.54, 1.807) is 0 Å². The summed E-state index contributed by atoms with van der Waals surface area (Å²) in [4.78, 5) is 12.1. The number of hydrogen-bond donors (Lipinski definition) is 2. The molecule has 0 bridgehead atoms. The molecular weight excluding hydrogens is 372 g/mol. The minimum absolute atomic E-state index is 0.111. The maximum Gasteiger partial charge on any atom is 0.334 e. The molecular formula is C20H25ClO6. The molecule has 6 nitrogen and oxygen atoms in total. The predicted octanol–water partition coefficient (Wildman–Crippen LogP) is 1.30. The van der Waals surface area contributed by atoms with Crippen LogP contribution in [0.2, 0.25) is 0 Å². The number of rotatable bonds is 1. The molecule has 7 heteroatoms. The molecule has 6 aliphatic rings. The van der Waals surface area contributed by atoms with Crippen molar-refractivity contribution in [2.45, 2.75) is 80.5 Å². The average molecular weight is 397 g/mol. The molecule has 2 N–H and O–H groups in total. The van der Waals surface area contributed by atoms with Gasteiger partial charge in [0.25, 0.3) is 0 Å². The minimum atomic E-state index is -1.46. The maximum absolute atomic E-state index is 12.1. The van der Waals surface area contributed by atoms with E-state index in [0.29, 0.717) is 19.4 Å². The first-order valence-electron chi connectivity index (χ1n) is 9.95. The third-order valence-electron chi connectivity index (χ3n) is 8.85. The molecule has 2 saturated heterocycles. The number of alkyl halides is 1. The Bertz CT molecular complexity index is 810. The highest BCUT2D eigenvalue weighted by molar-refractivity contribution is 6.22. The highest BCUT2D eigenvalue weighted by Crippen LogP contribution is 2.80. The summed E-state index contributed by atoms with van der Waals surface area (Å²) in [6.45, 7) is 6.26. The number of aliphatic hydroxyl groups is 2. The molecule has 9 atom stereocenters. The van der Waals surface area contributed by atoms with Crippen LogP contribution in [-0.2, 0) is 19.0 Å². The molecule has 3 aliphatic carbocycles. The lowest BCUT2D eigenvalue weighted by Gasteiger charge is -2.56. The van der Waals surface area contributed by atoms with Crippen molar-refractivity contribution in [1.29, 1.82) is 0 Å². The van der Waals surface area contributed by atoms with E-state index >= 15 is 0 Å². The molecule has 0 aromatic heterocycles. The van der Waals surface area contributed by atoms with Crippen LogP contribution in [0.5, 0.6) is 0 Å². The fraction of sp³-hybridized carbons (Fsp3) is 0.850. The molecule has 2 spiro atoms. The van der Waals surface area contributed by atoms with Gasteiger partial charge in [0.05, 0.1) is 11.5 Å². The van der Waals surface area contributed by atoms with Crippen molar-refractivity contribution in [3.05, 3.63) is 11.1 Å². The van der Waals surface area contributed by atoms with Crippen LogP contribution in [0.25, 0.3) is 0 Å². The van der Waals surface area contributed by atoms with Crippen LogP contribution < -0.4 is 0 Å². The Hall–Kier alpha value is -0.660. The lowest BCUT2D eigenvalue weighted by Crippen LogP contribution is -2.75. The lowest BCUT2D eigenvalue weighted by molar-refractivity contribution is -0.177. The smallest absolute Gasteiger partial charge is 0.334 e. The molecule has 3 aliphatic heterocycles. The Kier molecular flexibility index (Phi) is 2.91. The molecule has 0 radical (unpaired) electrons. The summed E-state index contributed by atoms with van der Waals surface area (Å²) in [7, 11) is 0. The quantitative estimate of drug-likeness (QED) is 0.394. The van der Waals surface area contributed by atoms with Crippen LogP contribution >= 0.6 is 11.6 Å². The van der Waals surface area contributed by atoms with Crippen molar-refractivity contribution in [3.63, 3.8) is 0 Å². The molecule has 3 heterocycles. The second-order valence-corrected chi connectivity index (χ2v) is 10.3. The highest BCUT2D eigenvalue weighted by Gasteiger charge is 2.96. The topological polar surface area (TPSA) is 91.8 Å². The van der Waals surface area contributed by atoms with Crippen molar-refractivity contribution >= 4 is 17.6 Å². The van der Waals surface area contributed by atoms with Crippen molar-refractivity contribution < 1.29 is 29.2 Å². The van der Waals surface area contributed by atoms with Gasteiger partial charge in [0.2, 0.25) is 0 Å². The number of esters is 1. The summed E-state index contributed by atoms with van der Waals surface area (Å²) in [6.07, 6.45) is 0.446. The number of cyclic esters (lactones) is 1. The van der Waals surface area contributed by atoms with Gasteiger partial charge in [-0.1, -0.05) is 20.8 Å². The third-order valence-corrected chi connectivity index (χ3v) is 9.43. The molecule has 0 aromatic rings. The molecule has 0 amide bonds. The summed E-state index contributed by atoms with van der Waals surface area (Å²) in [5.74, 6) is -0.317. The Labute approximate surface area is 162 Å². The maximum atomic E-state index is 12.1. The fourth-order valence-corrected chi connectivity index (χ4v) is 7.85. The number of epoxide rings is 2. The van der Waals surface area contributed by atoms with Gasteiger partial charge in [-0.25, -0.2) is 4.79 Å². The number of aliphatic hydroxyl groups excluding tert-OH is 1. The van der Waals surface area contributed by atoms with Gasteiger partial charge >= 0.3 is 5.97 Å². The molecule has 4 fully saturated rings. The first kappa shape index (κ1) is 17.2. The summed E-state index contributed by atoms with van der Waals surface area (Å²) in [5, 5.41) is 22.0. The van der Waals surface area contributed by atoms with Gasteiger partial charge < -0.3 is 24.4 Å². The van der Waals surface area contributed by atoms with Crippen LogP contribution in [-0.4, -0.2) is 63.3 Å². The highest BCUT2D eigenvalue weighted by atomic mass is 35.5. The number of hydrogen-bond acceptors (Lipinski definition) is 6. The van der Waals surface area contributed by atoms with Gasteiger partial charge in [-0.3, -0.25) is 0 Å². The van der Waals surface area contributed by atoms with Crippen LogP contribution in [0, 0.1) is 17.3 Å². The first-order chi connectivity index (χ1) is 12.7. The zero-order chi connectivity index (χ0) is 19.1. The van der Waals surface area contributed by atoms with Gasteiger partial charge in [-0.2, -0.15) is 0 Å². The van der Waals surface area contributed by atoms with Crippen LogP contribution in [0.4, 0.5) is 0 Å². The molecule has 0 aromatic carbocycles. The van der Waals surface area contributed by atoms with Gasteiger partial charge in [-0.15, -0.1) is 11.6 Å². The van der Waals surface area contributed by atoms with Gasteiger partial charge in [0.15, 0.2) is 5.60 Å². The second kappa shape index (κ2) is 4.57. The average Bonchev–Trinajstić information content (AvgIpc) is 3.50. The lowest BCUT2D eigenvalue weighted by atomic mass is 9.46. The normalized spacial score (nSPS) is 60.1. The molecule has 6 rings (SSSR count). The Morgan fingerprint density at radius 2 is 2.04 bits per heavy atom. The Balaban J connectivity index is 1.50. The van der Waals surface area contributed by atoms with Gasteiger partial charge in [0, 0.05) is 11.0 Å². The second-order valence-electron chi connectivity index (χ2n) is 9.81. The van der Waals surface area contributed by atoms with Crippen molar-refractivity contribution in [2.75, 3.05) is 6.61 Å². The van der Waals surface area contributed by atoms with E-state index in [1.165, 1.54) is 0 Å². The van der Waals surface area contributed by atoms with Gasteiger partial charge in [-0.05, 0) is 36.7 Å². The van der Waals surface area contributed by atoms with E-state index < -0.39 is 28.3 Å². The van der Waals surface area contributed by atoms with E-state index in [-0.39, 0.29) is 35.4 Å². The minimum Gasteiger partial charge on any atom is -0.458 e. The summed E-state index contributed by atoms with van der Waals surface area (Å²) in [6, 6.07) is 0. The van der Waals surface area contributed by atoms with Crippen LogP contribution in [0.1, 0.15) is 40.0 Å². The van der Waals surface area contributed by atoms with Crippen molar-refractivity contribution in [3.8, 4) is 0 Å². The zero-order valence-corrected chi connectivity index (χ0v) is 16.5. The van der Waals surface area contributed by atoms with Gasteiger partial charge in [0.1, 0.15) is 30.0 Å². The molecule has 148 valence electrons. The number of carbonyl (C=O) groups excluding carboxylic acids is 1. The number of ether oxygens (including phenoxy) is 3. The number of fused-ring (bicyclic) bond motifs is 2. The van der Waals surface area contributed by atoms with Crippen LogP contribution in [0.15, 0.2) is 11.1 Å². The third kappa shape index (κ3) is 1.49. The summed E-state index contributed by atoms with van der Waals surface area (Å²) < 4.78 is 17.9. The largest absolute Gasteiger partial charge is 0.458 e. The monoisotopic (exact) mass is 396 g/mol. The number of carbonyl (C=O) groups is 1. The predicted molar refractivity (Wildman–Crippen MR) is 94.1 cm³/mol. The van der Waals surface area contributed by atoms with E-state index in [4.69, 9.17) is 25.8 Å². The fourth-order valence-electron chi connectivity index (χ4n) is 7.24. The van der Waals surface area contributed by atoms with E-state index in [2.05, 4.69) is 6.92 Å². The molecule has 9 unspecified atom stereocenters. The van der Waals surface area contributed by atoms with E-state index in [0.717, 1.165) is 17.6 Å².